The molecule has 2 amide bonds. The molecule has 2 aliphatic rings. The van der Waals surface area contributed by atoms with Crippen molar-refractivity contribution in [2.24, 2.45) is 5.92 Å². The number of aryl methyl sites for hydroxylation is 2. The molecule has 0 spiro atoms. The maximum absolute atomic E-state index is 14.4. The van der Waals surface area contributed by atoms with Gasteiger partial charge in [-0.15, -0.1) is 0 Å². The summed E-state index contributed by atoms with van der Waals surface area (Å²) in [5, 5.41) is 13.4. The zero-order chi connectivity index (χ0) is 25.6. The molecule has 3 N–H and O–H groups in total. The molecular formula is C26H30FN5O4. The van der Waals surface area contributed by atoms with Crippen molar-refractivity contribution in [3.05, 3.63) is 41.1 Å². The molecule has 3 heterocycles. The maximum atomic E-state index is 14.4. The minimum Gasteiger partial charge on any atom is -0.492 e. The Balaban J connectivity index is 1.47. The van der Waals surface area contributed by atoms with Crippen molar-refractivity contribution in [3.63, 3.8) is 0 Å². The Morgan fingerprint density at radius 2 is 2.03 bits per heavy atom. The fourth-order valence-corrected chi connectivity index (χ4v) is 4.69. The van der Waals surface area contributed by atoms with E-state index in [-0.39, 0.29) is 24.2 Å². The number of aliphatic hydroxyl groups excluding tert-OH is 1. The Labute approximate surface area is 208 Å². The number of ether oxygens (including phenoxy) is 1. The second-order valence-electron chi connectivity index (χ2n) is 9.82. The number of aromatic nitrogens is 3. The molecule has 190 valence electrons. The van der Waals surface area contributed by atoms with E-state index in [1.54, 1.807) is 24.8 Å². The van der Waals surface area contributed by atoms with Crippen LogP contribution in [0.3, 0.4) is 0 Å². The SMILES string of the molecule is CC(=O)N1CC[C@@H](NC(=O)c2c(C)[nH]c3c(-c4cc(C)c(F)cc4OCC4CC4)ncnc23)[C@H](O)C1. The third kappa shape index (κ3) is 4.65. The number of aromatic amines is 1. The number of carbonyl (C=O) groups excluding carboxylic acids is 2. The summed E-state index contributed by atoms with van der Waals surface area (Å²) >= 11 is 0. The summed E-state index contributed by atoms with van der Waals surface area (Å²) < 4.78 is 20.4. The Morgan fingerprint density at radius 1 is 1.25 bits per heavy atom. The van der Waals surface area contributed by atoms with E-state index in [9.17, 15) is 19.1 Å². The zero-order valence-corrected chi connectivity index (χ0v) is 20.6. The fourth-order valence-electron chi connectivity index (χ4n) is 4.69. The van der Waals surface area contributed by atoms with Gasteiger partial charge in [0.25, 0.3) is 5.91 Å². The molecule has 2 fully saturated rings. The van der Waals surface area contributed by atoms with Gasteiger partial charge in [-0.05, 0) is 50.7 Å². The van der Waals surface area contributed by atoms with Crippen LogP contribution in [0.1, 0.15) is 47.8 Å². The molecule has 1 aliphatic heterocycles. The number of rotatable bonds is 6. The summed E-state index contributed by atoms with van der Waals surface area (Å²) in [6.07, 6.45) is 3.18. The van der Waals surface area contributed by atoms with Crippen molar-refractivity contribution in [1.82, 2.24) is 25.2 Å². The lowest BCUT2D eigenvalue weighted by molar-refractivity contribution is -0.132. The summed E-state index contributed by atoms with van der Waals surface area (Å²) in [4.78, 5) is 38.6. The Bertz CT molecular complexity index is 1340. The standard InChI is InChI=1S/C26H30FN5O4/c1-13-8-17(21(9-18(13)27)36-11-16-4-5-16)23-25-24(29-12-28-23)22(14(2)30-25)26(35)31-19-6-7-32(15(3)33)10-20(19)34/h8-9,12,16,19-20,30,34H,4-7,10-11H2,1-3H3,(H,31,35)/t19-,20-/m1/s1. The topological polar surface area (TPSA) is 120 Å². The number of nitrogens with zero attached hydrogens (tertiary/aromatic N) is 3. The first-order valence-electron chi connectivity index (χ1n) is 12.2. The molecule has 1 saturated carbocycles. The molecule has 9 nitrogen and oxygen atoms in total. The van der Waals surface area contributed by atoms with Crippen molar-refractivity contribution in [2.75, 3.05) is 19.7 Å². The summed E-state index contributed by atoms with van der Waals surface area (Å²) in [6, 6.07) is 2.61. The number of carbonyl (C=O) groups is 2. The molecule has 1 saturated heterocycles. The van der Waals surface area contributed by atoms with Gasteiger partial charge >= 0.3 is 0 Å². The number of nitrogens with one attached hydrogen (secondary N) is 2. The van der Waals surface area contributed by atoms with Gasteiger partial charge in [0.15, 0.2) is 0 Å². The number of benzene rings is 1. The van der Waals surface area contributed by atoms with Gasteiger partial charge in [-0.2, -0.15) is 0 Å². The molecule has 0 radical (unpaired) electrons. The lowest BCUT2D eigenvalue weighted by Crippen LogP contribution is -2.55. The van der Waals surface area contributed by atoms with Crippen LogP contribution in [0, 0.1) is 25.6 Å². The van der Waals surface area contributed by atoms with Gasteiger partial charge < -0.3 is 25.0 Å². The van der Waals surface area contributed by atoms with Crippen LogP contribution in [0.2, 0.25) is 0 Å². The van der Waals surface area contributed by atoms with Crippen LogP contribution in [0.4, 0.5) is 4.39 Å². The lowest BCUT2D eigenvalue weighted by atomic mass is 10.0. The fraction of sp³-hybridized carbons (Fsp3) is 0.462. The van der Waals surface area contributed by atoms with Gasteiger partial charge in [-0.25, -0.2) is 14.4 Å². The first-order chi connectivity index (χ1) is 17.2. The molecule has 0 unspecified atom stereocenters. The molecule has 2 atom stereocenters. The smallest absolute Gasteiger partial charge is 0.255 e. The molecule has 1 aromatic carbocycles. The highest BCUT2D eigenvalue weighted by Gasteiger charge is 2.32. The largest absolute Gasteiger partial charge is 0.492 e. The van der Waals surface area contributed by atoms with Crippen LogP contribution < -0.4 is 10.1 Å². The number of piperidine rings is 1. The highest BCUT2D eigenvalue weighted by atomic mass is 19.1. The van der Waals surface area contributed by atoms with E-state index in [0.717, 1.165) is 12.8 Å². The molecule has 5 rings (SSSR count). The van der Waals surface area contributed by atoms with Gasteiger partial charge in [0.05, 0.1) is 29.8 Å². The molecule has 10 heteroatoms. The van der Waals surface area contributed by atoms with Crippen molar-refractivity contribution < 1.29 is 23.8 Å². The van der Waals surface area contributed by atoms with Gasteiger partial charge in [0.2, 0.25) is 5.91 Å². The third-order valence-electron chi connectivity index (χ3n) is 7.03. The van der Waals surface area contributed by atoms with Gasteiger partial charge in [0, 0.05) is 37.3 Å². The number of β-amino-alcohol motifs (C(OH)–C–C–N with tert-alkyl or cyclic N) is 1. The molecule has 3 aromatic rings. The van der Waals surface area contributed by atoms with Crippen molar-refractivity contribution >= 4 is 22.8 Å². The van der Waals surface area contributed by atoms with E-state index in [1.807, 2.05) is 0 Å². The van der Waals surface area contributed by atoms with E-state index in [0.29, 0.717) is 70.4 Å². The molecule has 1 aliphatic carbocycles. The summed E-state index contributed by atoms with van der Waals surface area (Å²) in [7, 11) is 0. The predicted octanol–water partition coefficient (Wildman–Crippen LogP) is 2.88. The van der Waals surface area contributed by atoms with Gasteiger partial charge in [-0.3, -0.25) is 9.59 Å². The minimum absolute atomic E-state index is 0.105. The highest BCUT2D eigenvalue weighted by Crippen LogP contribution is 2.37. The van der Waals surface area contributed by atoms with Crippen LogP contribution >= 0.6 is 0 Å². The number of halogens is 1. The van der Waals surface area contributed by atoms with E-state index < -0.39 is 12.1 Å². The van der Waals surface area contributed by atoms with E-state index >= 15 is 0 Å². The summed E-state index contributed by atoms with van der Waals surface area (Å²) in [5.41, 5.74) is 3.54. The van der Waals surface area contributed by atoms with E-state index in [2.05, 4.69) is 20.3 Å². The molecule has 2 aromatic heterocycles. The van der Waals surface area contributed by atoms with Crippen LogP contribution in [0.25, 0.3) is 22.3 Å². The summed E-state index contributed by atoms with van der Waals surface area (Å²) in [6.45, 7) is 6.07. The summed E-state index contributed by atoms with van der Waals surface area (Å²) in [5.74, 6) is 0.0696. The number of aliphatic hydroxyl groups is 1. The van der Waals surface area contributed by atoms with Crippen LogP contribution in [0.15, 0.2) is 18.5 Å². The number of fused-ring (bicyclic) bond motifs is 1. The van der Waals surface area contributed by atoms with Crippen molar-refractivity contribution in [2.45, 2.75) is 52.2 Å². The van der Waals surface area contributed by atoms with Gasteiger partial charge in [0.1, 0.15) is 29.1 Å². The quantitative estimate of drug-likeness (QED) is 0.484. The predicted molar refractivity (Wildman–Crippen MR) is 131 cm³/mol. The van der Waals surface area contributed by atoms with Crippen molar-refractivity contribution in [1.29, 1.82) is 0 Å². The number of hydrogen-bond donors (Lipinski definition) is 3. The van der Waals surface area contributed by atoms with Gasteiger partial charge in [-0.1, -0.05) is 0 Å². The maximum Gasteiger partial charge on any atom is 0.255 e. The highest BCUT2D eigenvalue weighted by molar-refractivity contribution is 6.09. The third-order valence-corrected chi connectivity index (χ3v) is 7.03. The Kier molecular flexibility index (Phi) is 6.38. The number of H-pyrrole nitrogens is 1. The Hall–Kier alpha value is -3.53. The van der Waals surface area contributed by atoms with E-state index in [1.165, 1.54) is 19.3 Å². The number of amides is 2. The number of likely N-dealkylation sites (tertiary alicyclic amines) is 1. The zero-order valence-electron chi connectivity index (χ0n) is 20.6. The first kappa shape index (κ1) is 24.2. The monoisotopic (exact) mass is 495 g/mol. The second-order valence-corrected chi connectivity index (χ2v) is 9.82. The molecule has 36 heavy (non-hydrogen) atoms. The van der Waals surface area contributed by atoms with Crippen LogP contribution in [0.5, 0.6) is 5.75 Å². The average molecular weight is 496 g/mol. The normalized spacial score (nSPS) is 20.0. The molecular weight excluding hydrogens is 465 g/mol. The van der Waals surface area contributed by atoms with Crippen molar-refractivity contribution in [3.8, 4) is 17.0 Å². The number of hydrogen-bond acceptors (Lipinski definition) is 6. The minimum atomic E-state index is -0.865. The van der Waals surface area contributed by atoms with Crippen LogP contribution in [-0.4, -0.2) is 68.6 Å². The Morgan fingerprint density at radius 3 is 2.72 bits per heavy atom. The molecule has 0 bridgehead atoms. The first-order valence-corrected chi connectivity index (χ1v) is 12.2. The average Bonchev–Trinajstić information content (AvgIpc) is 3.60. The lowest BCUT2D eigenvalue weighted by Gasteiger charge is -2.35. The second kappa shape index (κ2) is 9.50. The van der Waals surface area contributed by atoms with Crippen LogP contribution in [-0.2, 0) is 4.79 Å². The van der Waals surface area contributed by atoms with E-state index in [4.69, 9.17) is 4.74 Å².